The fourth-order valence-corrected chi connectivity index (χ4v) is 3.98. The Morgan fingerprint density at radius 3 is 2.14 bits per heavy atom. The van der Waals surface area contributed by atoms with Gasteiger partial charge in [-0.2, -0.15) is 0 Å². The summed E-state index contributed by atoms with van der Waals surface area (Å²) in [6, 6.07) is 3.85. The fourth-order valence-electron chi connectivity index (χ4n) is 3.98. The molecule has 1 heterocycles. The molecule has 0 spiro atoms. The van der Waals surface area contributed by atoms with E-state index >= 15 is 0 Å². The number of carbonyl (C=O) groups excluding carboxylic acids is 2. The smallest absolute Gasteiger partial charge is 0.274 e. The lowest BCUT2D eigenvalue weighted by molar-refractivity contribution is -0.163. The van der Waals surface area contributed by atoms with E-state index in [1.807, 2.05) is 60.6 Å². The molecule has 2 atom stereocenters. The van der Waals surface area contributed by atoms with Crippen LogP contribution in [0.5, 0.6) is 5.75 Å². The van der Waals surface area contributed by atoms with E-state index in [0.717, 1.165) is 16.7 Å². The molecule has 6 nitrogen and oxygen atoms in total. The minimum atomic E-state index is -0.992. The Morgan fingerprint density at radius 2 is 1.68 bits per heavy atom. The number of fused-ring (bicyclic) bond motifs is 1. The molecule has 3 rings (SSSR count). The van der Waals surface area contributed by atoms with Gasteiger partial charge in [-0.3, -0.25) is 15.0 Å². The van der Waals surface area contributed by atoms with Crippen LogP contribution >= 0.6 is 0 Å². The summed E-state index contributed by atoms with van der Waals surface area (Å²) in [6.07, 6.45) is 0.443. The van der Waals surface area contributed by atoms with Crippen molar-refractivity contribution >= 4 is 11.8 Å². The van der Waals surface area contributed by atoms with Crippen molar-refractivity contribution in [2.75, 3.05) is 6.61 Å². The lowest BCUT2D eigenvalue weighted by atomic mass is 9.78. The average Bonchev–Trinajstić information content (AvgIpc) is 3.28. The van der Waals surface area contributed by atoms with Crippen molar-refractivity contribution in [3.8, 4) is 5.75 Å². The number of hydrogen-bond donors (Lipinski definition) is 2. The normalized spacial score (nSPS) is 24.8. The molecule has 2 aliphatic rings. The summed E-state index contributed by atoms with van der Waals surface area (Å²) in [7, 11) is 0. The minimum Gasteiger partial charge on any atom is -0.507 e. The molecule has 1 saturated carbocycles. The summed E-state index contributed by atoms with van der Waals surface area (Å²) in [5.74, 6) is -0.447. The molecule has 1 aliphatic carbocycles. The molecule has 1 aromatic rings. The summed E-state index contributed by atoms with van der Waals surface area (Å²) in [5.41, 5.74) is 3.73. The van der Waals surface area contributed by atoms with Gasteiger partial charge in [0.25, 0.3) is 5.91 Å². The first kappa shape index (κ1) is 20.6. The van der Waals surface area contributed by atoms with E-state index in [9.17, 15) is 14.7 Å². The van der Waals surface area contributed by atoms with Gasteiger partial charge in [0.2, 0.25) is 5.91 Å². The van der Waals surface area contributed by atoms with Crippen molar-refractivity contribution in [3.63, 3.8) is 0 Å². The van der Waals surface area contributed by atoms with Crippen molar-refractivity contribution < 1.29 is 19.4 Å². The number of carbonyl (C=O) groups is 2. The Kier molecular flexibility index (Phi) is 4.78. The molecule has 2 N–H and O–H groups in total. The Hall–Kier alpha value is -2.08. The van der Waals surface area contributed by atoms with E-state index in [1.165, 1.54) is 5.01 Å². The van der Waals surface area contributed by atoms with Crippen LogP contribution in [0.1, 0.15) is 71.6 Å². The van der Waals surface area contributed by atoms with Gasteiger partial charge in [-0.1, -0.05) is 41.5 Å². The van der Waals surface area contributed by atoms with Crippen molar-refractivity contribution in [1.29, 1.82) is 0 Å². The topological polar surface area (TPSA) is 78.9 Å². The monoisotopic (exact) mass is 388 g/mol. The second-order valence-corrected chi connectivity index (χ2v) is 9.99. The molecule has 2 unspecified atom stereocenters. The first-order chi connectivity index (χ1) is 12.8. The zero-order valence-electron chi connectivity index (χ0n) is 18.0. The zero-order chi connectivity index (χ0) is 21.1. The van der Waals surface area contributed by atoms with Gasteiger partial charge < -0.3 is 9.84 Å². The molecule has 0 bridgehead atoms. The van der Waals surface area contributed by atoms with E-state index in [-0.39, 0.29) is 35.1 Å². The highest BCUT2D eigenvalue weighted by Gasteiger charge is 2.69. The molecule has 28 heavy (non-hydrogen) atoms. The average molecular weight is 389 g/mol. The van der Waals surface area contributed by atoms with Gasteiger partial charge in [0, 0.05) is 13.0 Å². The van der Waals surface area contributed by atoms with Crippen LogP contribution in [0.3, 0.4) is 0 Å². The minimum absolute atomic E-state index is 0.168. The molecular weight excluding hydrogens is 356 g/mol. The number of rotatable bonds is 4. The molecule has 1 aromatic carbocycles. The molecule has 6 heteroatoms. The quantitative estimate of drug-likeness (QED) is 0.830. The van der Waals surface area contributed by atoms with Crippen LogP contribution in [0.25, 0.3) is 0 Å². The predicted octanol–water partition coefficient (Wildman–Crippen LogP) is 3.16. The number of phenols is 1. The van der Waals surface area contributed by atoms with Gasteiger partial charge in [0.05, 0.1) is 12.5 Å². The zero-order valence-corrected chi connectivity index (χ0v) is 18.0. The van der Waals surface area contributed by atoms with Crippen molar-refractivity contribution in [3.05, 3.63) is 28.8 Å². The summed E-state index contributed by atoms with van der Waals surface area (Å²) in [6.45, 7) is 14.7. The van der Waals surface area contributed by atoms with E-state index < -0.39 is 5.60 Å². The summed E-state index contributed by atoms with van der Waals surface area (Å²) >= 11 is 0. The lowest BCUT2D eigenvalue weighted by Crippen LogP contribution is -2.57. The second-order valence-electron chi connectivity index (χ2n) is 9.99. The highest BCUT2D eigenvalue weighted by atomic mass is 16.5. The van der Waals surface area contributed by atoms with E-state index in [4.69, 9.17) is 4.74 Å². The fraction of sp³-hybridized carbons (Fsp3) is 0.636. The van der Waals surface area contributed by atoms with Crippen LogP contribution in [-0.4, -0.2) is 34.1 Å². The molecule has 154 valence electrons. The first-order valence-corrected chi connectivity index (χ1v) is 9.94. The van der Waals surface area contributed by atoms with E-state index in [2.05, 4.69) is 5.43 Å². The third-order valence-corrected chi connectivity index (χ3v) is 5.61. The van der Waals surface area contributed by atoms with Crippen molar-refractivity contribution in [2.45, 2.75) is 77.9 Å². The predicted molar refractivity (Wildman–Crippen MR) is 107 cm³/mol. The van der Waals surface area contributed by atoms with Gasteiger partial charge in [0.15, 0.2) is 5.60 Å². The van der Waals surface area contributed by atoms with Gasteiger partial charge in [-0.25, -0.2) is 5.01 Å². The molecule has 0 radical (unpaired) electrons. The Balaban J connectivity index is 1.98. The number of aromatic hydroxyl groups is 1. The van der Waals surface area contributed by atoms with Gasteiger partial charge in [-0.05, 0) is 46.6 Å². The summed E-state index contributed by atoms with van der Waals surface area (Å²) < 4.78 is 5.68. The highest BCUT2D eigenvalue weighted by molar-refractivity contribution is 6.02. The molecular formula is C22H32N2O4. The maximum atomic E-state index is 13.0. The third kappa shape index (κ3) is 3.39. The molecule has 2 amide bonds. The van der Waals surface area contributed by atoms with Crippen LogP contribution in [0.2, 0.25) is 0 Å². The number of benzene rings is 1. The maximum absolute atomic E-state index is 13.0. The third-order valence-electron chi connectivity index (χ3n) is 5.61. The number of ether oxygens (including phenoxy) is 1. The standard InChI is InChI=1S/C22H32N2O4/c1-8-28-22-11-16(22)18(26)23-24(19(22)27)12-13-9-14(20(2,3)4)17(25)15(10-13)21(5,6)7/h9-10,16,25H,8,11-12H2,1-7H3,(H,23,26). The Labute approximate surface area is 167 Å². The lowest BCUT2D eigenvalue weighted by Gasteiger charge is -2.33. The molecule has 2 fully saturated rings. The number of hydrogen-bond acceptors (Lipinski definition) is 4. The van der Waals surface area contributed by atoms with Gasteiger partial charge in [0.1, 0.15) is 5.75 Å². The van der Waals surface area contributed by atoms with Crippen LogP contribution in [-0.2, 0) is 31.7 Å². The number of amides is 2. The van der Waals surface area contributed by atoms with E-state index in [0.29, 0.717) is 18.8 Å². The molecule has 1 aliphatic heterocycles. The number of nitrogens with one attached hydrogen (secondary N) is 1. The van der Waals surface area contributed by atoms with Gasteiger partial charge in [-0.15, -0.1) is 0 Å². The Morgan fingerprint density at radius 1 is 1.14 bits per heavy atom. The molecule has 0 aromatic heterocycles. The summed E-state index contributed by atoms with van der Waals surface area (Å²) in [5, 5.41) is 12.2. The second kappa shape index (κ2) is 6.48. The number of nitrogens with zero attached hydrogens (tertiary/aromatic N) is 1. The Bertz CT molecular complexity index is 784. The van der Waals surface area contributed by atoms with Crippen molar-refractivity contribution in [1.82, 2.24) is 10.4 Å². The maximum Gasteiger partial charge on any atom is 0.274 e. The van der Waals surface area contributed by atoms with E-state index in [1.54, 1.807) is 0 Å². The number of hydrazine groups is 1. The van der Waals surface area contributed by atoms with Crippen LogP contribution < -0.4 is 5.43 Å². The van der Waals surface area contributed by atoms with Crippen LogP contribution in [0, 0.1) is 5.92 Å². The molecule has 1 saturated heterocycles. The van der Waals surface area contributed by atoms with Crippen molar-refractivity contribution in [2.24, 2.45) is 5.92 Å². The van der Waals surface area contributed by atoms with Crippen LogP contribution in [0.4, 0.5) is 0 Å². The highest BCUT2D eigenvalue weighted by Crippen LogP contribution is 2.50. The summed E-state index contributed by atoms with van der Waals surface area (Å²) in [4.78, 5) is 25.3. The SMILES string of the molecule is CCOC12CC1C(=O)NN(Cc1cc(C(C)(C)C)c(O)c(C(C)(C)C)c1)C2=O. The van der Waals surface area contributed by atoms with Crippen LogP contribution in [0.15, 0.2) is 12.1 Å². The first-order valence-electron chi connectivity index (χ1n) is 9.94. The number of phenolic OH excluding ortho intramolecular Hbond substituents is 1. The largest absolute Gasteiger partial charge is 0.507 e. The van der Waals surface area contributed by atoms with Gasteiger partial charge >= 0.3 is 0 Å².